The van der Waals surface area contributed by atoms with Crippen LogP contribution >= 0.6 is 47.8 Å². The molecule has 0 fully saturated rings. The molecule has 0 spiro atoms. The zero-order chi connectivity index (χ0) is 14.0. The number of hydrogen-bond acceptors (Lipinski definition) is 4. The van der Waals surface area contributed by atoms with Crippen molar-refractivity contribution in [1.29, 1.82) is 0 Å². The molecule has 0 unspecified atom stereocenters. The number of benzene rings is 1. The SMILES string of the molecule is COc1cc(Nc2ncc(Br)cc2N)c(Br)cc1Br. The van der Waals surface area contributed by atoms with Crippen molar-refractivity contribution in [2.24, 2.45) is 0 Å². The molecule has 100 valence electrons. The number of pyridine rings is 1. The molecular weight excluding hydrogens is 442 g/mol. The summed E-state index contributed by atoms with van der Waals surface area (Å²) >= 11 is 10.2. The van der Waals surface area contributed by atoms with E-state index >= 15 is 0 Å². The van der Waals surface area contributed by atoms with Crippen LogP contribution in [0.25, 0.3) is 0 Å². The van der Waals surface area contributed by atoms with E-state index in [-0.39, 0.29) is 0 Å². The van der Waals surface area contributed by atoms with E-state index in [4.69, 9.17) is 10.5 Å². The highest BCUT2D eigenvalue weighted by atomic mass is 79.9. The Kier molecular flexibility index (Phi) is 4.70. The van der Waals surface area contributed by atoms with Crippen molar-refractivity contribution in [3.05, 3.63) is 37.8 Å². The van der Waals surface area contributed by atoms with E-state index in [1.807, 2.05) is 12.1 Å². The van der Waals surface area contributed by atoms with Gasteiger partial charge >= 0.3 is 0 Å². The summed E-state index contributed by atoms with van der Waals surface area (Å²) in [4.78, 5) is 4.24. The van der Waals surface area contributed by atoms with E-state index in [1.165, 1.54) is 0 Å². The number of halogens is 3. The van der Waals surface area contributed by atoms with Crippen LogP contribution in [0.2, 0.25) is 0 Å². The largest absolute Gasteiger partial charge is 0.495 e. The Morgan fingerprint density at radius 1 is 1.16 bits per heavy atom. The topological polar surface area (TPSA) is 60.2 Å². The smallest absolute Gasteiger partial charge is 0.153 e. The molecule has 19 heavy (non-hydrogen) atoms. The van der Waals surface area contributed by atoms with E-state index in [0.29, 0.717) is 11.5 Å². The molecule has 0 bridgehead atoms. The van der Waals surface area contributed by atoms with Crippen LogP contribution in [0.4, 0.5) is 17.2 Å². The van der Waals surface area contributed by atoms with Crippen molar-refractivity contribution in [2.75, 3.05) is 18.2 Å². The number of anilines is 3. The highest BCUT2D eigenvalue weighted by molar-refractivity contribution is 9.11. The maximum Gasteiger partial charge on any atom is 0.153 e. The first-order valence-electron chi connectivity index (χ1n) is 5.22. The highest BCUT2D eigenvalue weighted by Gasteiger charge is 2.09. The molecule has 0 saturated carbocycles. The van der Waals surface area contributed by atoms with Gasteiger partial charge in [-0.25, -0.2) is 4.98 Å². The third-order valence-electron chi connectivity index (χ3n) is 2.38. The van der Waals surface area contributed by atoms with Crippen LogP contribution in [0.15, 0.2) is 37.8 Å². The van der Waals surface area contributed by atoms with Gasteiger partial charge in [0.05, 0.1) is 23.0 Å². The Labute approximate surface area is 136 Å². The van der Waals surface area contributed by atoms with Gasteiger partial charge in [0.25, 0.3) is 0 Å². The summed E-state index contributed by atoms with van der Waals surface area (Å²) in [5.41, 5.74) is 7.29. The van der Waals surface area contributed by atoms with Gasteiger partial charge in [-0.15, -0.1) is 0 Å². The third kappa shape index (κ3) is 3.40. The predicted molar refractivity (Wildman–Crippen MR) is 88.0 cm³/mol. The number of nitrogen functional groups attached to an aromatic ring is 1. The molecule has 7 heteroatoms. The van der Waals surface area contributed by atoms with Gasteiger partial charge in [0.2, 0.25) is 0 Å². The fourth-order valence-corrected chi connectivity index (χ4v) is 3.07. The van der Waals surface area contributed by atoms with Crippen LogP contribution < -0.4 is 15.8 Å². The second kappa shape index (κ2) is 6.11. The quantitative estimate of drug-likeness (QED) is 0.710. The molecule has 0 amide bonds. The second-order valence-electron chi connectivity index (χ2n) is 3.68. The van der Waals surface area contributed by atoms with Crippen LogP contribution in [-0.2, 0) is 0 Å². The summed E-state index contributed by atoms with van der Waals surface area (Å²) in [6, 6.07) is 5.55. The third-order valence-corrected chi connectivity index (χ3v) is 4.09. The molecule has 0 saturated heterocycles. The first-order valence-corrected chi connectivity index (χ1v) is 7.60. The average Bonchev–Trinajstić information content (AvgIpc) is 2.35. The molecule has 0 atom stereocenters. The van der Waals surface area contributed by atoms with Gasteiger partial charge in [-0.05, 0) is 59.9 Å². The molecule has 2 aromatic rings. The summed E-state index contributed by atoms with van der Waals surface area (Å²) in [7, 11) is 1.62. The van der Waals surface area contributed by atoms with E-state index in [9.17, 15) is 0 Å². The Balaban J connectivity index is 2.37. The molecule has 0 radical (unpaired) electrons. The standard InChI is InChI=1S/C12H10Br3N3O/c1-19-11-4-10(7(14)3-8(11)15)18-12-9(16)2-6(13)5-17-12/h2-5H,16H2,1H3,(H,17,18). The van der Waals surface area contributed by atoms with Crippen molar-refractivity contribution >= 4 is 65.0 Å². The van der Waals surface area contributed by atoms with Crippen LogP contribution in [0, 0.1) is 0 Å². The van der Waals surface area contributed by atoms with E-state index in [1.54, 1.807) is 19.4 Å². The van der Waals surface area contributed by atoms with Gasteiger partial charge in [0.1, 0.15) is 5.75 Å². The van der Waals surface area contributed by atoms with E-state index in [2.05, 4.69) is 58.1 Å². The van der Waals surface area contributed by atoms with Gasteiger partial charge in [-0.3, -0.25) is 0 Å². The fourth-order valence-electron chi connectivity index (χ4n) is 1.47. The minimum atomic E-state index is 0.558. The van der Waals surface area contributed by atoms with Crippen LogP contribution in [-0.4, -0.2) is 12.1 Å². The van der Waals surface area contributed by atoms with E-state index < -0.39 is 0 Å². The Morgan fingerprint density at radius 3 is 2.53 bits per heavy atom. The van der Waals surface area contributed by atoms with Gasteiger partial charge in [-0.1, -0.05) is 0 Å². The van der Waals surface area contributed by atoms with Crippen molar-refractivity contribution in [3.8, 4) is 5.75 Å². The minimum absolute atomic E-state index is 0.558. The molecule has 2 rings (SSSR count). The molecule has 1 aromatic carbocycles. The summed E-state index contributed by atoms with van der Waals surface area (Å²) in [5.74, 6) is 1.31. The highest BCUT2D eigenvalue weighted by Crippen LogP contribution is 2.36. The lowest BCUT2D eigenvalue weighted by atomic mass is 10.3. The summed E-state index contributed by atoms with van der Waals surface area (Å²) < 4.78 is 7.84. The second-order valence-corrected chi connectivity index (χ2v) is 6.31. The molecule has 1 aromatic heterocycles. The zero-order valence-electron chi connectivity index (χ0n) is 9.88. The van der Waals surface area contributed by atoms with Gasteiger partial charge in [-0.2, -0.15) is 0 Å². The van der Waals surface area contributed by atoms with Gasteiger partial charge in [0.15, 0.2) is 5.82 Å². The number of methoxy groups -OCH3 is 1. The van der Waals surface area contributed by atoms with Gasteiger partial charge < -0.3 is 15.8 Å². The van der Waals surface area contributed by atoms with Crippen molar-refractivity contribution in [3.63, 3.8) is 0 Å². The lowest BCUT2D eigenvalue weighted by molar-refractivity contribution is 0.412. The first kappa shape index (κ1) is 14.6. The summed E-state index contributed by atoms with van der Waals surface area (Å²) in [6.45, 7) is 0. The Bertz CT molecular complexity index is 619. The van der Waals surface area contributed by atoms with Crippen molar-refractivity contribution in [2.45, 2.75) is 0 Å². The molecule has 0 aliphatic rings. The minimum Gasteiger partial charge on any atom is -0.495 e. The fraction of sp³-hybridized carbons (Fsp3) is 0.0833. The first-order chi connectivity index (χ1) is 9.01. The molecule has 4 nitrogen and oxygen atoms in total. The number of hydrogen-bond donors (Lipinski definition) is 2. The van der Waals surface area contributed by atoms with E-state index in [0.717, 1.165) is 24.9 Å². The summed E-state index contributed by atoms with van der Waals surface area (Å²) in [6.07, 6.45) is 1.68. The summed E-state index contributed by atoms with van der Waals surface area (Å²) in [5, 5.41) is 3.16. The van der Waals surface area contributed by atoms with Crippen molar-refractivity contribution in [1.82, 2.24) is 4.98 Å². The van der Waals surface area contributed by atoms with Crippen LogP contribution in [0.5, 0.6) is 5.75 Å². The molecule has 3 N–H and O–H groups in total. The molecule has 0 aliphatic carbocycles. The molecule has 0 aliphatic heterocycles. The Morgan fingerprint density at radius 2 is 1.89 bits per heavy atom. The van der Waals surface area contributed by atoms with Crippen molar-refractivity contribution < 1.29 is 4.74 Å². The monoisotopic (exact) mass is 449 g/mol. The Hall–Kier alpha value is -0.790. The predicted octanol–water partition coefficient (Wildman–Crippen LogP) is 4.70. The van der Waals surface area contributed by atoms with Crippen LogP contribution in [0.1, 0.15) is 0 Å². The van der Waals surface area contributed by atoms with Crippen LogP contribution in [0.3, 0.4) is 0 Å². The maximum absolute atomic E-state index is 5.91. The normalized spacial score (nSPS) is 10.3. The lowest BCUT2D eigenvalue weighted by Gasteiger charge is -2.12. The van der Waals surface area contributed by atoms with Gasteiger partial charge in [0, 0.05) is 21.2 Å². The maximum atomic E-state index is 5.91. The molecular formula is C12H10Br3N3O. The zero-order valence-corrected chi connectivity index (χ0v) is 14.6. The number of nitrogens with one attached hydrogen (secondary N) is 1. The number of nitrogens with two attached hydrogens (primary N) is 1. The lowest BCUT2D eigenvalue weighted by Crippen LogP contribution is -2.00. The number of aromatic nitrogens is 1. The number of nitrogens with zero attached hydrogens (tertiary/aromatic N) is 1. The number of ether oxygens (including phenoxy) is 1. The number of rotatable bonds is 3. The average molecular weight is 452 g/mol. The molecule has 1 heterocycles.